The van der Waals surface area contributed by atoms with Crippen LogP contribution >= 0.6 is 0 Å². The Kier molecular flexibility index (Phi) is 3.96. The van der Waals surface area contributed by atoms with Crippen LogP contribution in [-0.4, -0.2) is 15.6 Å². The van der Waals surface area contributed by atoms with Crippen LogP contribution in [0.25, 0.3) is 5.57 Å². The average molecular weight is 231 g/mol. The van der Waals surface area contributed by atoms with Crippen LogP contribution in [0.3, 0.4) is 0 Å². The number of allylic oxidation sites excluding steroid dienone is 2. The van der Waals surface area contributed by atoms with Crippen LogP contribution < -0.4 is 5.19 Å². The number of hydrogen-bond donors (Lipinski definition) is 0. The predicted octanol–water partition coefficient (Wildman–Crippen LogP) is 3.12. The molecule has 0 unspecified atom stereocenters. The highest BCUT2D eigenvalue weighted by molar-refractivity contribution is 6.68. The Balaban J connectivity index is 2.31. The fourth-order valence-electron chi connectivity index (χ4n) is 2.09. The predicted molar refractivity (Wildman–Crippen MR) is 71.1 cm³/mol. The van der Waals surface area contributed by atoms with Crippen molar-refractivity contribution in [2.45, 2.75) is 32.7 Å². The molecule has 0 N–H and O–H groups in total. The Morgan fingerprint density at radius 3 is 2.81 bits per heavy atom. The molecule has 0 bridgehead atoms. The third kappa shape index (κ3) is 2.44. The molecule has 1 aliphatic heterocycles. The van der Waals surface area contributed by atoms with Gasteiger partial charge < -0.3 is 4.43 Å². The minimum Gasteiger partial charge on any atom is -0.412 e. The summed E-state index contributed by atoms with van der Waals surface area (Å²) in [6, 6.07) is 10.00. The van der Waals surface area contributed by atoms with Crippen LogP contribution in [0.2, 0.25) is 6.04 Å². The molecule has 1 fully saturated rings. The molecule has 1 radical (unpaired) electrons. The summed E-state index contributed by atoms with van der Waals surface area (Å²) in [4.78, 5) is 0. The zero-order valence-electron chi connectivity index (χ0n) is 10.1. The largest absolute Gasteiger partial charge is 0.412 e. The van der Waals surface area contributed by atoms with E-state index in [1.54, 1.807) is 0 Å². The molecule has 2 rings (SSSR count). The van der Waals surface area contributed by atoms with E-state index in [4.69, 9.17) is 4.43 Å². The van der Waals surface area contributed by atoms with Crippen LogP contribution in [-0.2, 0) is 4.43 Å². The maximum absolute atomic E-state index is 5.97. The van der Waals surface area contributed by atoms with E-state index in [1.807, 2.05) is 0 Å². The topological polar surface area (TPSA) is 9.23 Å². The van der Waals surface area contributed by atoms with Gasteiger partial charge in [0.05, 0.1) is 0 Å². The molecule has 85 valence electrons. The lowest BCUT2D eigenvalue weighted by Crippen LogP contribution is -2.38. The second-order valence-corrected chi connectivity index (χ2v) is 6.42. The molecular weight excluding hydrogens is 212 g/mol. The smallest absolute Gasteiger partial charge is 0.247 e. The zero-order chi connectivity index (χ0) is 11.4. The third-order valence-electron chi connectivity index (χ3n) is 3.16. The van der Waals surface area contributed by atoms with E-state index in [9.17, 15) is 0 Å². The number of rotatable bonds is 2. The van der Waals surface area contributed by atoms with Gasteiger partial charge in [-0.2, -0.15) is 0 Å². The summed E-state index contributed by atoms with van der Waals surface area (Å²) >= 11 is 0. The second-order valence-electron chi connectivity index (χ2n) is 4.25. The number of benzene rings is 1. The van der Waals surface area contributed by atoms with Gasteiger partial charge >= 0.3 is 0 Å². The lowest BCUT2D eigenvalue weighted by Gasteiger charge is -2.22. The van der Waals surface area contributed by atoms with Crippen molar-refractivity contribution < 1.29 is 4.43 Å². The van der Waals surface area contributed by atoms with E-state index in [1.165, 1.54) is 35.2 Å². The van der Waals surface area contributed by atoms with Gasteiger partial charge in [-0.3, -0.25) is 0 Å². The van der Waals surface area contributed by atoms with Crippen LogP contribution in [0.1, 0.15) is 32.3 Å². The first-order chi connectivity index (χ1) is 7.83. The van der Waals surface area contributed by atoms with Crippen molar-refractivity contribution in [3.8, 4) is 0 Å². The molecule has 1 aliphatic rings. The SMILES string of the molecule is C/C=C(\C)c1ccccc1[Si]1CCCCO1. The standard InChI is InChI=1S/C14H19OSi/c1-3-12(2)13-8-4-5-9-14(13)16-11-7-6-10-15-16/h3-5,8-9H,6-7,10-11H2,1-2H3/b12-3+. The molecule has 1 aromatic rings. The van der Waals surface area contributed by atoms with E-state index in [2.05, 4.69) is 44.2 Å². The fourth-order valence-corrected chi connectivity index (χ4v) is 4.49. The molecule has 1 aromatic carbocycles. The Hall–Kier alpha value is -0.863. The van der Waals surface area contributed by atoms with Crippen LogP contribution in [0.5, 0.6) is 0 Å². The Morgan fingerprint density at radius 1 is 1.31 bits per heavy atom. The van der Waals surface area contributed by atoms with Crippen molar-refractivity contribution in [3.63, 3.8) is 0 Å². The molecule has 0 amide bonds. The zero-order valence-corrected chi connectivity index (χ0v) is 11.1. The lowest BCUT2D eigenvalue weighted by atomic mass is 10.1. The molecule has 0 atom stereocenters. The van der Waals surface area contributed by atoms with Gasteiger partial charge in [0.2, 0.25) is 9.04 Å². The molecule has 1 heterocycles. The first kappa shape index (κ1) is 11.6. The molecular formula is C14H19OSi. The minimum atomic E-state index is -0.751. The summed E-state index contributed by atoms with van der Waals surface area (Å²) in [5.41, 5.74) is 2.75. The summed E-state index contributed by atoms with van der Waals surface area (Å²) < 4.78 is 5.97. The summed E-state index contributed by atoms with van der Waals surface area (Å²) in [6.07, 6.45) is 4.75. The summed E-state index contributed by atoms with van der Waals surface area (Å²) in [6.45, 7) is 5.24. The molecule has 16 heavy (non-hydrogen) atoms. The van der Waals surface area contributed by atoms with E-state index in [0.29, 0.717) is 0 Å². The van der Waals surface area contributed by atoms with Crippen molar-refractivity contribution in [1.29, 1.82) is 0 Å². The van der Waals surface area contributed by atoms with Gasteiger partial charge in [0.25, 0.3) is 0 Å². The third-order valence-corrected chi connectivity index (χ3v) is 5.56. The van der Waals surface area contributed by atoms with Crippen molar-refractivity contribution in [2.24, 2.45) is 0 Å². The quantitative estimate of drug-likeness (QED) is 0.711. The summed E-state index contributed by atoms with van der Waals surface area (Å²) in [7, 11) is -0.751. The van der Waals surface area contributed by atoms with Gasteiger partial charge in [0.1, 0.15) is 0 Å². The van der Waals surface area contributed by atoms with Crippen LogP contribution in [0.4, 0.5) is 0 Å². The maximum Gasteiger partial charge on any atom is 0.247 e. The van der Waals surface area contributed by atoms with Gasteiger partial charge in [-0.15, -0.1) is 0 Å². The minimum absolute atomic E-state index is 0.751. The summed E-state index contributed by atoms with van der Waals surface area (Å²) in [5.74, 6) is 0. The van der Waals surface area contributed by atoms with Crippen molar-refractivity contribution in [2.75, 3.05) is 6.61 Å². The molecule has 2 heteroatoms. The highest BCUT2D eigenvalue weighted by Gasteiger charge is 2.22. The molecule has 0 spiro atoms. The van der Waals surface area contributed by atoms with E-state index >= 15 is 0 Å². The first-order valence-electron chi connectivity index (χ1n) is 6.04. The Labute approximate surface area is 99.9 Å². The highest BCUT2D eigenvalue weighted by Crippen LogP contribution is 2.17. The molecule has 0 aliphatic carbocycles. The van der Waals surface area contributed by atoms with Crippen molar-refractivity contribution in [3.05, 3.63) is 35.9 Å². The van der Waals surface area contributed by atoms with E-state index < -0.39 is 9.04 Å². The normalized spacial score (nSPS) is 18.8. The molecule has 1 nitrogen and oxygen atoms in total. The van der Waals surface area contributed by atoms with E-state index in [0.717, 1.165) is 6.61 Å². The van der Waals surface area contributed by atoms with Crippen LogP contribution in [0.15, 0.2) is 30.3 Å². The number of hydrogen-bond acceptors (Lipinski definition) is 1. The van der Waals surface area contributed by atoms with Gasteiger partial charge in [-0.1, -0.05) is 36.8 Å². The van der Waals surface area contributed by atoms with Crippen molar-refractivity contribution >= 4 is 19.8 Å². The maximum atomic E-state index is 5.97. The highest BCUT2D eigenvalue weighted by atomic mass is 28.3. The van der Waals surface area contributed by atoms with Gasteiger partial charge in [-0.05, 0) is 42.6 Å². The molecule has 0 aromatic heterocycles. The van der Waals surface area contributed by atoms with E-state index in [-0.39, 0.29) is 0 Å². The Morgan fingerprint density at radius 2 is 2.12 bits per heavy atom. The average Bonchev–Trinajstić information content (AvgIpc) is 2.39. The Bertz CT molecular complexity index is 378. The van der Waals surface area contributed by atoms with Crippen molar-refractivity contribution in [1.82, 2.24) is 0 Å². The first-order valence-corrected chi connectivity index (χ1v) is 7.66. The lowest BCUT2D eigenvalue weighted by molar-refractivity contribution is 0.294. The van der Waals surface area contributed by atoms with Crippen LogP contribution in [0, 0.1) is 0 Å². The van der Waals surface area contributed by atoms with Gasteiger partial charge in [0.15, 0.2) is 0 Å². The fraction of sp³-hybridized carbons (Fsp3) is 0.429. The molecule has 1 saturated heterocycles. The second kappa shape index (κ2) is 5.46. The van der Waals surface area contributed by atoms with Gasteiger partial charge in [0, 0.05) is 6.61 Å². The molecule has 0 saturated carbocycles. The summed E-state index contributed by atoms with van der Waals surface area (Å²) in [5, 5.41) is 1.46. The monoisotopic (exact) mass is 231 g/mol. The van der Waals surface area contributed by atoms with Gasteiger partial charge in [-0.25, -0.2) is 0 Å².